The molecule has 0 aromatic heterocycles. The zero-order valence-electron chi connectivity index (χ0n) is 15.0. The van der Waals surface area contributed by atoms with Gasteiger partial charge in [0.15, 0.2) is 0 Å². The number of carbonyl (C=O) groups excluding carboxylic acids is 1. The predicted octanol–water partition coefficient (Wildman–Crippen LogP) is 3.80. The molecule has 4 aromatic carbocycles. The molecule has 0 atom stereocenters. The summed E-state index contributed by atoms with van der Waals surface area (Å²) in [7, 11) is 0. The molecule has 138 valence electrons. The molecule has 0 bridgehead atoms. The minimum atomic E-state index is -0.827. The molecule has 4 rings (SSSR count). The fourth-order valence-corrected chi connectivity index (χ4v) is 3.81. The summed E-state index contributed by atoms with van der Waals surface area (Å²) in [6.07, 6.45) is 0.865. The van der Waals surface area contributed by atoms with E-state index in [0.29, 0.717) is 6.42 Å². The summed E-state index contributed by atoms with van der Waals surface area (Å²) in [5.41, 5.74) is 1.22. The second-order valence-electron chi connectivity index (χ2n) is 6.91. The van der Waals surface area contributed by atoms with E-state index in [1.54, 1.807) is 0 Å². The second kappa shape index (κ2) is 7.51. The zero-order valence-corrected chi connectivity index (χ0v) is 15.0. The molecular formula is C23H22O4. The van der Waals surface area contributed by atoms with Gasteiger partial charge >= 0.3 is 5.97 Å². The molecule has 0 saturated carbocycles. The average molecular weight is 362 g/mol. The van der Waals surface area contributed by atoms with Crippen LogP contribution in [0.25, 0.3) is 32.3 Å². The molecule has 4 heteroatoms. The highest BCUT2D eigenvalue weighted by molar-refractivity contribution is 6.23. The molecule has 0 amide bonds. The maximum atomic E-state index is 11.9. The SMILES string of the molecule is O=C(CCCc1ccc2ccc3cccc4ccc1c2c34)OC(CO)CO. The van der Waals surface area contributed by atoms with E-state index in [4.69, 9.17) is 14.9 Å². The van der Waals surface area contributed by atoms with Crippen molar-refractivity contribution in [2.45, 2.75) is 25.4 Å². The molecule has 0 unspecified atom stereocenters. The van der Waals surface area contributed by atoms with Crippen molar-refractivity contribution in [1.82, 2.24) is 0 Å². The average Bonchev–Trinajstić information content (AvgIpc) is 2.71. The van der Waals surface area contributed by atoms with E-state index in [1.807, 2.05) is 0 Å². The van der Waals surface area contributed by atoms with Crippen molar-refractivity contribution in [3.63, 3.8) is 0 Å². The first kappa shape index (κ1) is 17.7. The molecule has 4 aromatic rings. The molecule has 0 fully saturated rings. The number of ether oxygens (including phenoxy) is 1. The highest BCUT2D eigenvalue weighted by Gasteiger charge is 2.13. The third kappa shape index (κ3) is 3.34. The summed E-state index contributed by atoms with van der Waals surface area (Å²) < 4.78 is 5.03. The highest BCUT2D eigenvalue weighted by atomic mass is 16.6. The molecular weight excluding hydrogens is 340 g/mol. The molecule has 4 nitrogen and oxygen atoms in total. The first-order valence-corrected chi connectivity index (χ1v) is 9.28. The van der Waals surface area contributed by atoms with Crippen LogP contribution in [0.5, 0.6) is 0 Å². The predicted molar refractivity (Wildman–Crippen MR) is 107 cm³/mol. The van der Waals surface area contributed by atoms with Crippen LogP contribution in [0.3, 0.4) is 0 Å². The topological polar surface area (TPSA) is 66.8 Å². The van der Waals surface area contributed by atoms with Gasteiger partial charge < -0.3 is 14.9 Å². The highest BCUT2D eigenvalue weighted by Crippen LogP contribution is 2.36. The van der Waals surface area contributed by atoms with Gasteiger partial charge in [-0.1, -0.05) is 54.6 Å². The van der Waals surface area contributed by atoms with Gasteiger partial charge in [-0.15, -0.1) is 0 Å². The monoisotopic (exact) mass is 362 g/mol. The molecule has 0 aliphatic heterocycles. The Hall–Kier alpha value is -2.69. The van der Waals surface area contributed by atoms with Gasteiger partial charge in [0.25, 0.3) is 0 Å². The third-order valence-corrected chi connectivity index (χ3v) is 5.15. The van der Waals surface area contributed by atoms with E-state index in [0.717, 1.165) is 6.42 Å². The molecule has 0 aliphatic carbocycles. The number of hydrogen-bond donors (Lipinski definition) is 2. The lowest BCUT2D eigenvalue weighted by Crippen LogP contribution is -2.25. The standard InChI is InChI=1S/C23H22O4/c24-13-19(14-25)27-21(26)6-2-3-15-7-8-18-10-9-16-4-1-5-17-11-12-20(15)23(18)22(16)17/h1,4-5,7-12,19,24-25H,2-3,6,13-14H2. The van der Waals surface area contributed by atoms with E-state index in [-0.39, 0.29) is 25.6 Å². The summed E-state index contributed by atoms with van der Waals surface area (Å²) in [5, 5.41) is 25.5. The number of aliphatic hydroxyl groups is 2. The van der Waals surface area contributed by atoms with Crippen molar-refractivity contribution in [2.75, 3.05) is 13.2 Å². The fraction of sp³-hybridized carbons (Fsp3) is 0.261. The van der Waals surface area contributed by atoms with Gasteiger partial charge in [-0.2, -0.15) is 0 Å². The largest absolute Gasteiger partial charge is 0.457 e. The van der Waals surface area contributed by atoms with Crippen LogP contribution in [-0.2, 0) is 16.0 Å². The van der Waals surface area contributed by atoms with Crippen LogP contribution < -0.4 is 0 Å². The quantitative estimate of drug-likeness (QED) is 0.388. The minimum absolute atomic E-state index is 0.262. The van der Waals surface area contributed by atoms with Gasteiger partial charge in [0, 0.05) is 6.42 Å². The maximum Gasteiger partial charge on any atom is 0.306 e. The lowest BCUT2D eigenvalue weighted by atomic mass is 9.90. The van der Waals surface area contributed by atoms with E-state index in [1.165, 1.54) is 37.9 Å². The van der Waals surface area contributed by atoms with Gasteiger partial charge in [-0.05, 0) is 50.7 Å². The van der Waals surface area contributed by atoms with Crippen molar-refractivity contribution >= 4 is 38.3 Å². The number of rotatable bonds is 7. The molecule has 0 saturated heterocycles. The van der Waals surface area contributed by atoms with Gasteiger partial charge in [-0.25, -0.2) is 0 Å². The zero-order chi connectivity index (χ0) is 18.8. The van der Waals surface area contributed by atoms with Crippen LogP contribution in [0.1, 0.15) is 18.4 Å². The van der Waals surface area contributed by atoms with Crippen molar-refractivity contribution in [2.24, 2.45) is 0 Å². The summed E-state index contributed by atoms with van der Waals surface area (Å²) >= 11 is 0. The van der Waals surface area contributed by atoms with Crippen molar-refractivity contribution in [3.8, 4) is 0 Å². The van der Waals surface area contributed by atoms with Crippen molar-refractivity contribution in [3.05, 3.63) is 60.2 Å². The number of aryl methyl sites for hydroxylation is 1. The third-order valence-electron chi connectivity index (χ3n) is 5.15. The Labute approximate surface area is 157 Å². The Kier molecular flexibility index (Phi) is 4.92. The fourth-order valence-electron chi connectivity index (χ4n) is 3.81. The second-order valence-corrected chi connectivity index (χ2v) is 6.91. The Morgan fingerprint density at radius 2 is 1.48 bits per heavy atom. The summed E-state index contributed by atoms with van der Waals surface area (Å²) in [5.74, 6) is -0.388. The number of aliphatic hydroxyl groups excluding tert-OH is 2. The van der Waals surface area contributed by atoms with Crippen LogP contribution in [-0.4, -0.2) is 35.5 Å². The van der Waals surface area contributed by atoms with E-state index >= 15 is 0 Å². The van der Waals surface area contributed by atoms with Gasteiger partial charge in [0.2, 0.25) is 0 Å². The smallest absolute Gasteiger partial charge is 0.306 e. The number of benzene rings is 4. The summed E-state index contributed by atoms with van der Waals surface area (Å²) in [6.45, 7) is -0.728. The Morgan fingerprint density at radius 3 is 2.19 bits per heavy atom. The molecule has 0 heterocycles. The molecule has 2 N–H and O–H groups in total. The Balaban J connectivity index is 1.58. The first-order valence-electron chi connectivity index (χ1n) is 9.28. The van der Waals surface area contributed by atoms with Crippen LogP contribution in [0.4, 0.5) is 0 Å². The van der Waals surface area contributed by atoms with Crippen molar-refractivity contribution < 1.29 is 19.7 Å². The molecule has 0 radical (unpaired) electrons. The van der Waals surface area contributed by atoms with Crippen LogP contribution >= 0.6 is 0 Å². The van der Waals surface area contributed by atoms with E-state index in [9.17, 15) is 4.79 Å². The summed E-state index contributed by atoms with van der Waals surface area (Å²) in [4.78, 5) is 11.9. The van der Waals surface area contributed by atoms with E-state index < -0.39 is 6.10 Å². The lowest BCUT2D eigenvalue weighted by Gasteiger charge is -2.14. The normalized spacial score (nSPS) is 11.8. The number of carbonyl (C=O) groups is 1. The van der Waals surface area contributed by atoms with Crippen LogP contribution in [0.2, 0.25) is 0 Å². The van der Waals surface area contributed by atoms with Gasteiger partial charge in [0.05, 0.1) is 13.2 Å². The van der Waals surface area contributed by atoms with Crippen molar-refractivity contribution in [1.29, 1.82) is 0 Å². The first-order chi connectivity index (χ1) is 13.2. The molecule has 0 aliphatic rings. The molecule has 0 spiro atoms. The summed E-state index contributed by atoms with van der Waals surface area (Å²) in [6, 6.07) is 19.3. The van der Waals surface area contributed by atoms with Gasteiger partial charge in [-0.3, -0.25) is 4.79 Å². The maximum absolute atomic E-state index is 11.9. The number of esters is 1. The Morgan fingerprint density at radius 1 is 0.852 bits per heavy atom. The minimum Gasteiger partial charge on any atom is -0.457 e. The van der Waals surface area contributed by atoms with Gasteiger partial charge in [0.1, 0.15) is 6.10 Å². The Bertz CT molecular complexity index is 1070. The number of hydrogen-bond acceptors (Lipinski definition) is 4. The van der Waals surface area contributed by atoms with E-state index in [2.05, 4.69) is 54.6 Å². The van der Waals surface area contributed by atoms with Crippen LogP contribution in [0, 0.1) is 0 Å². The lowest BCUT2D eigenvalue weighted by molar-refractivity contribution is -0.153. The molecule has 27 heavy (non-hydrogen) atoms. The van der Waals surface area contributed by atoms with Crippen LogP contribution in [0.15, 0.2) is 54.6 Å².